The number of pyridine rings is 2. The van der Waals surface area contributed by atoms with Crippen LogP contribution in [0.2, 0.25) is 0 Å². The predicted octanol–water partition coefficient (Wildman–Crippen LogP) is 3.21. The maximum atomic E-state index is 11.4. The number of para-hydroxylation sites is 1. The van der Waals surface area contributed by atoms with Crippen molar-refractivity contribution in [3.05, 3.63) is 64.1 Å². The van der Waals surface area contributed by atoms with E-state index in [4.69, 9.17) is 0 Å². The zero-order chi connectivity index (χ0) is 13.4. The van der Waals surface area contributed by atoms with Gasteiger partial charge < -0.3 is 4.98 Å². The van der Waals surface area contributed by atoms with Crippen LogP contribution in [0.3, 0.4) is 0 Å². The minimum absolute atomic E-state index is 0.0699. The van der Waals surface area contributed by atoms with Gasteiger partial charge in [0, 0.05) is 22.7 Å². The highest BCUT2D eigenvalue weighted by atomic mass is 16.1. The molecule has 0 atom stereocenters. The minimum atomic E-state index is -0.0699. The van der Waals surface area contributed by atoms with E-state index in [1.165, 1.54) is 0 Å². The molecule has 0 aliphatic rings. The molecular formula is C16H14N2O. The molecule has 0 aliphatic heterocycles. The number of benzene rings is 1. The summed E-state index contributed by atoms with van der Waals surface area (Å²) in [7, 11) is 0. The second-order valence-electron chi connectivity index (χ2n) is 4.71. The van der Waals surface area contributed by atoms with Crippen LogP contribution in [-0.4, -0.2) is 9.97 Å². The standard InChI is InChI=1S/C16H14N2O/c1-10-9-15(19)17-11(2)16(10)14-8-7-12-5-3-4-6-13(12)18-14/h3-9H,1-2H3,(H,17,19). The number of H-pyrrole nitrogens is 1. The van der Waals surface area contributed by atoms with Gasteiger partial charge in [-0.2, -0.15) is 0 Å². The van der Waals surface area contributed by atoms with E-state index in [1.54, 1.807) is 6.07 Å². The Morgan fingerprint density at radius 3 is 2.63 bits per heavy atom. The van der Waals surface area contributed by atoms with Crippen molar-refractivity contribution in [2.75, 3.05) is 0 Å². The number of hydrogen-bond acceptors (Lipinski definition) is 2. The Morgan fingerprint density at radius 1 is 1.05 bits per heavy atom. The number of rotatable bonds is 1. The van der Waals surface area contributed by atoms with Gasteiger partial charge in [0.15, 0.2) is 0 Å². The normalized spacial score (nSPS) is 10.8. The first kappa shape index (κ1) is 11.7. The lowest BCUT2D eigenvalue weighted by Gasteiger charge is -2.09. The molecule has 1 aromatic carbocycles. The smallest absolute Gasteiger partial charge is 0.248 e. The van der Waals surface area contributed by atoms with E-state index < -0.39 is 0 Å². The van der Waals surface area contributed by atoms with Crippen LogP contribution in [0.4, 0.5) is 0 Å². The molecule has 94 valence electrons. The van der Waals surface area contributed by atoms with Crippen LogP contribution in [0, 0.1) is 13.8 Å². The summed E-state index contributed by atoms with van der Waals surface area (Å²) in [4.78, 5) is 18.9. The lowest BCUT2D eigenvalue weighted by atomic mass is 10.0. The second-order valence-corrected chi connectivity index (χ2v) is 4.71. The third kappa shape index (κ3) is 2.03. The highest BCUT2D eigenvalue weighted by Gasteiger charge is 2.09. The Hall–Kier alpha value is -2.42. The van der Waals surface area contributed by atoms with Crippen molar-refractivity contribution in [1.29, 1.82) is 0 Å². The maximum Gasteiger partial charge on any atom is 0.248 e. The van der Waals surface area contributed by atoms with Crippen molar-refractivity contribution in [2.24, 2.45) is 0 Å². The summed E-state index contributed by atoms with van der Waals surface area (Å²) >= 11 is 0. The van der Waals surface area contributed by atoms with E-state index in [2.05, 4.69) is 16.0 Å². The van der Waals surface area contributed by atoms with E-state index >= 15 is 0 Å². The van der Waals surface area contributed by atoms with Crippen LogP contribution >= 0.6 is 0 Å². The number of aromatic nitrogens is 2. The Balaban J connectivity index is 2.27. The van der Waals surface area contributed by atoms with Gasteiger partial charge in [0.25, 0.3) is 0 Å². The molecule has 0 radical (unpaired) electrons. The predicted molar refractivity (Wildman–Crippen MR) is 77.3 cm³/mol. The molecule has 0 amide bonds. The Labute approximate surface area is 111 Å². The van der Waals surface area contributed by atoms with Gasteiger partial charge in [0.2, 0.25) is 5.56 Å². The Morgan fingerprint density at radius 2 is 1.84 bits per heavy atom. The third-order valence-electron chi connectivity index (χ3n) is 3.28. The molecule has 3 nitrogen and oxygen atoms in total. The maximum absolute atomic E-state index is 11.4. The van der Waals surface area contributed by atoms with Gasteiger partial charge in [0.1, 0.15) is 0 Å². The molecule has 3 heteroatoms. The molecule has 0 fully saturated rings. The zero-order valence-corrected chi connectivity index (χ0v) is 10.9. The van der Waals surface area contributed by atoms with E-state index in [0.717, 1.165) is 33.4 Å². The highest BCUT2D eigenvalue weighted by molar-refractivity contribution is 5.82. The fourth-order valence-electron chi connectivity index (χ4n) is 2.45. The van der Waals surface area contributed by atoms with Gasteiger partial charge in [-0.15, -0.1) is 0 Å². The van der Waals surface area contributed by atoms with Gasteiger partial charge in [-0.3, -0.25) is 4.79 Å². The largest absolute Gasteiger partial charge is 0.326 e. The first-order chi connectivity index (χ1) is 9.15. The van der Waals surface area contributed by atoms with E-state index in [1.807, 2.05) is 44.2 Å². The fourth-order valence-corrected chi connectivity index (χ4v) is 2.45. The Bertz CT molecular complexity index is 792. The summed E-state index contributed by atoms with van der Waals surface area (Å²) < 4.78 is 0. The topological polar surface area (TPSA) is 45.8 Å². The third-order valence-corrected chi connectivity index (χ3v) is 3.28. The average molecular weight is 250 g/mol. The molecule has 0 saturated heterocycles. The van der Waals surface area contributed by atoms with Crippen molar-refractivity contribution >= 4 is 10.9 Å². The molecular weight excluding hydrogens is 236 g/mol. The summed E-state index contributed by atoms with van der Waals surface area (Å²) in [6.07, 6.45) is 0. The van der Waals surface area contributed by atoms with E-state index in [0.29, 0.717) is 0 Å². The van der Waals surface area contributed by atoms with Gasteiger partial charge in [-0.1, -0.05) is 24.3 Å². The lowest BCUT2D eigenvalue weighted by molar-refractivity contribution is 1.12. The van der Waals surface area contributed by atoms with E-state index in [9.17, 15) is 4.79 Å². The Kier molecular flexibility index (Phi) is 2.67. The van der Waals surface area contributed by atoms with Gasteiger partial charge in [-0.25, -0.2) is 4.98 Å². The van der Waals surface area contributed by atoms with Gasteiger partial charge in [-0.05, 0) is 31.5 Å². The summed E-state index contributed by atoms with van der Waals surface area (Å²) in [5.41, 5.74) is 4.59. The van der Waals surface area contributed by atoms with Crippen LogP contribution in [0.5, 0.6) is 0 Å². The first-order valence-electron chi connectivity index (χ1n) is 6.22. The number of fused-ring (bicyclic) bond motifs is 1. The first-order valence-corrected chi connectivity index (χ1v) is 6.22. The average Bonchev–Trinajstić information content (AvgIpc) is 2.37. The van der Waals surface area contributed by atoms with Crippen molar-refractivity contribution < 1.29 is 0 Å². The fraction of sp³-hybridized carbons (Fsp3) is 0.125. The van der Waals surface area contributed by atoms with Crippen molar-refractivity contribution in [2.45, 2.75) is 13.8 Å². The molecule has 19 heavy (non-hydrogen) atoms. The number of hydrogen-bond donors (Lipinski definition) is 1. The molecule has 0 bridgehead atoms. The highest BCUT2D eigenvalue weighted by Crippen LogP contribution is 2.25. The summed E-state index contributed by atoms with van der Waals surface area (Å²) in [5.74, 6) is 0. The number of nitrogens with zero attached hydrogens (tertiary/aromatic N) is 1. The molecule has 1 N–H and O–H groups in total. The molecule has 3 aromatic rings. The van der Waals surface area contributed by atoms with Crippen LogP contribution in [0.1, 0.15) is 11.3 Å². The monoisotopic (exact) mass is 250 g/mol. The number of nitrogens with one attached hydrogen (secondary N) is 1. The molecule has 3 rings (SSSR count). The molecule has 0 aliphatic carbocycles. The summed E-state index contributed by atoms with van der Waals surface area (Å²) in [5, 5.41) is 1.12. The summed E-state index contributed by atoms with van der Waals surface area (Å²) in [6, 6.07) is 13.7. The zero-order valence-electron chi connectivity index (χ0n) is 10.9. The van der Waals surface area contributed by atoms with E-state index in [-0.39, 0.29) is 5.56 Å². The quantitative estimate of drug-likeness (QED) is 0.720. The molecule has 2 aromatic heterocycles. The number of aryl methyl sites for hydroxylation is 2. The van der Waals surface area contributed by atoms with Crippen molar-refractivity contribution in [3.8, 4) is 11.3 Å². The lowest BCUT2D eigenvalue weighted by Crippen LogP contribution is -2.08. The molecule has 0 spiro atoms. The molecule has 0 unspecified atom stereocenters. The second kappa shape index (κ2) is 4.35. The van der Waals surface area contributed by atoms with Crippen LogP contribution < -0.4 is 5.56 Å². The molecule has 2 heterocycles. The summed E-state index contributed by atoms with van der Waals surface area (Å²) in [6.45, 7) is 3.84. The number of aromatic amines is 1. The minimum Gasteiger partial charge on any atom is -0.326 e. The molecule has 0 saturated carbocycles. The van der Waals surface area contributed by atoms with Crippen molar-refractivity contribution in [3.63, 3.8) is 0 Å². The van der Waals surface area contributed by atoms with Crippen LogP contribution in [0.15, 0.2) is 47.3 Å². The van der Waals surface area contributed by atoms with Gasteiger partial charge >= 0.3 is 0 Å². The van der Waals surface area contributed by atoms with Gasteiger partial charge in [0.05, 0.1) is 11.2 Å². The SMILES string of the molecule is Cc1cc(=O)[nH]c(C)c1-c1ccc2ccccc2n1. The van der Waals surface area contributed by atoms with Crippen LogP contribution in [0.25, 0.3) is 22.2 Å². The van der Waals surface area contributed by atoms with Crippen LogP contribution in [-0.2, 0) is 0 Å². The van der Waals surface area contributed by atoms with Crippen molar-refractivity contribution in [1.82, 2.24) is 9.97 Å².